The van der Waals surface area contributed by atoms with Crippen LogP contribution in [0.1, 0.15) is 28.4 Å². The van der Waals surface area contributed by atoms with E-state index < -0.39 is 0 Å². The molecule has 5 nitrogen and oxygen atoms in total. The molecule has 3 rings (SSSR count). The summed E-state index contributed by atoms with van der Waals surface area (Å²) in [6, 6.07) is 12.9. The lowest BCUT2D eigenvalue weighted by Crippen LogP contribution is -2.20. The molecule has 138 valence electrons. The number of hydrogen-bond acceptors (Lipinski definition) is 5. The molecule has 0 aliphatic rings. The number of Topliss-reactive ketones (excluding diaryl/α,β-unsaturated/α-hetero) is 1. The van der Waals surface area contributed by atoms with Crippen LogP contribution in [0.5, 0.6) is 5.75 Å². The number of nitrogens with one attached hydrogen (secondary N) is 1. The minimum atomic E-state index is -0.285. The zero-order valence-electron chi connectivity index (χ0n) is 15.4. The second kappa shape index (κ2) is 8.14. The van der Waals surface area contributed by atoms with Crippen molar-refractivity contribution in [2.45, 2.75) is 20.8 Å². The topological polar surface area (TPSA) is 68.3 Å². The quantitative estimate of drug-likeness (QED) is 0.632. The number of nitrogens with zero attached hydrogens (tertiary/aromatic N) is 1. The molecular formula is C21H20N2O3S. The van der Waals surface area contributed by atoms with Gasteiger partial charge in [-0.25, -0.2) is 4.98 Å². The van der Waals surface area contributed by atoms with Crippen LogP contribution in [0.3, 0.4) is 0 Å². The number of ketones is 1. The molecule has 0 saturated heterocycles. The van der Waals surface area contributed by atoms with Crippen molar-refractivity contribution in [1.29, 1.82) is 0 Å². The number of hydrogen-bond donors (Lipinski definition) is 1. The molecule has 6 heteroatoms. The Hall–Kier alpha value is -2.99. The molecule has 1 amide bonds. The first-order chi connectivity index (χ1) is 12.9. The fraction of sp³-hybridized carbons (Fsp3) is 0.190. The van der Waals surface area contributed by atoms with Gasteiger partial charge in [-0.3, -0.25) is 14.9 Å². The Morgan fingerprint density at radius 1 is 1.11 bits per heavy atom. The summed E-state index contributed by atoms with van der Waals surface area (Å²) in [5, 5.41) is 5.21. The van der Waals surface area contributed by atoms with Gasteiger partial charge in [0.05, 0.1) is 5.69 Å². The predicted molar refractivity (Wildman–Crippen MR) is 108 cm³/mol. The molecule has 0 saturated carbocycles. The molecule has 0 aliphatic heterocycles. The highest BCUT2D eigenvalue weighted by atomic mass is 32.1. The third-order valence-electron chi connectivity index (χ3n) is 4.04. The number of thiazole rings is 1. The molecule has 3 aromatic rings. The van der Waals surface area contributed by atoms with E-state index in [1.807, 2.05) is 24.4 Å². The standard InChI is InChI=1S/C21H20N2O3S/c1-13-4-9-18(14(2)10-13)19-12-27-21(22-19)23-20(25)11-26-17-7-5-16(6-8-17)15(3)24/h4-10,12H,11H2,1-3H3,(H,22,23,25). The van der Waals surface area contributed by atoms with E-state index in [0.717, 1.165) is 16.8 Å². The van der Waals surface area contributed by atoms with Gasteiger partial charge in [-0.15, -0.1) is 11.3 Å². The molecule has 0 radical (unpaired) electrons. The predicted octanol–water partition coefficient (Wildman–Crippen LogP) is 4.65. The summed E-state index contributed by atoms with van der Waals surface area (Å²) in [7, 11) is 0. The lowest BCUT2D eigenvalue weighted by Gasteiger charge is -2.06. The molecule has 0 fully saturated rings. The number of aryl methyl sites for hydroxylation is 2. The average molecular weight is 380 g/mol. The SMILES string of the molecule is CC(=O)c1ccc(OCC(=O)Nc2nc(-c3ccc(C)cc3C)cs2)cc1. The number of carbonyl (C=O) groups is 2. The monoisotopic (exact) mass is 380 g/mol. The molecule has 2 aromatic carbocycles. The van der Waals surface area contributed by atoms with Crippen LogP contribution >= 0.6 is 11.3 Å². The number of ether oxygens (including phenoxy) is 1. The second-order valence-electron chi connectivity index (χ2n) is 6.27. The van der Waals surface area contributed by atoms with Crippen molar-refractivity contribution < 1.29 is 14.3 Å². The molecule has 1 heterocycles. The van der Waals surface area contributed by atoms with Gasteiger partial charge in [-0.05, 0) is 50.6 Å². The van der Waals surface area contributed by atoms with E-state index in [-0.39, 0.29) is 18.3 Å². The Morgan fingerprint density at radius 2 is 1.85 bits per heavy atom. The van der Waals surface area contributed by atoms with E-state index in [2.05, 4.69) is 23.3 Å². The molecule has 1 N–H and O–H groups in total. The lowest BCUT2D eigenvalue weighted by molar-refractivity contribution is -0.118. The fourth-order valence-corrected chi connectivity index (χ4v) is 3.37. The number of anilines is 1. The number of carbonyl (C=O) groups excluding carboxylic acids is 2. The maximum absolute atomic E-state index is 12.1. The van der Waals surface area contributed by atoms with E-state index in [1.54, 1.807) is 24.3 Å². The van der Waals surface area contributed by atoms with Crippen molar-refractivity contribution in [2.75, 3.05) is 11.9 Å². The fourth-order valence-electron chi connectivity index (χ4n) is 2.65. The van der Waals surface area contributed by atoms with Crippen LogP contribution in [-0.4, -0.2) is 23.3 Å². The first-order valence-electron chi connectivity index (χ1n) is 8.49. The first-order valence-corrected chi connectivity index (χ1v) is 9.37. The van der Waals surface area contributed by atoms with E-state index in [0.29, 0.717) is 16.4 Å². The van der Waals surface area contributed by atoms with Crippen molar-refractivity contribution in [3.05, 3.63) is 64.5 Å². The normalized spacial score (nSPS) is 10.5. The van der Waals surface area contributed by atoms with Gasteiger partial charge in [-0.2, -0.15) is 0 Å². The number of amides is 1. The highest BCUT2D eigenvalue weighted by Gasteiger charge is 2.10. The molecule has 1 aromatic heterocycles. The van der Waals surface area contributed by atoms with Gasteiger partial charge in [0.15, 0.2) is 17.5 Å². The minimum Gasteiger partial charge on any atom is -0.484 e. The molecule has 0 bridgehead atoms. The largest absolute Gasteiger partial charge is 0.484 e. The Balaban J connectivity index is 1.58. The summed E-state index contributed by atoms with van der Waals surface area (Å²) >= 11 is 1.38. The Bertz CT molecular complexity index is 977. The van der Waals surface area contributed by atoms with Gasteiger partial charge in [0.25, 0.3) is 5.91 Å². The summed E-state index contributed by atoms with van der Waals surface area (Å²) in [4.78, 5) is 27.8. The van der Waals surface area contributed by atoms with Gasteiger partial charge in [-0.1, -0.05) is 23.8 Å². The molecule has 27 heavy (non-hydrogen) atoms. The van der Waals surface area contributed by atoms with E-state index in [9.17, 15) is 9.59 Å². The van der Waals surface area contributed by atoms with Crippen LogP contribution in [0, 0.1) is 13.8 Å². The van der Waals surface area contributed by atoms with Crippen molar-refractivity contribution in [3.63, 3.8) is 0 Å². The van der Waals surface area contributed by atoms with Gasteiger partial charge < -0.3 is 4.74 Å². The summed E-state index contributed by atoms with van der Waals surface area (Å²) in [5.41, 5.74) is 4.85. The van der Waals surface area contributed by atoms with Gasteiger partial charge in [0.2, 0.25) is 0 Å². The van der Waals surface area contributed by atoms with Crippen molar-refractivity contribution >= 4 is 28.2 Å². The van der Waals surface area contributed by atoms with Crippen LogP contribution in [0.2, 0.25) is 0 Å². The maximum Gasteiger partial charge on any atom is 0.264 e. The summed E-state index contributed by atoms with van der Waals surface area (Å²) in [6.45, 7) is 5.48. The highest BCUT2D eigenvalue weighted by molar-refractivity contribution is 7.14. The number of rotatable bonds is 6. The van der Waals surface area contributed by atoms with Crippen LogP contribution in [0.15, 0.2) is 47.8 Å². The lowest BCUT2D eigenvalue weighted by atomic mass is 10.0. The molecular weight excluding hydrogens is 360 g/mol. The number of benzene rings is 2. The molecule has 0 aliphatic carbocycles. The van der Waals surface area contributed by atoms with Gasteiger partial charge in [0.1, 0.15) is 5.75 Å². The van der Waals surface area contributed by atoms with E-state index in [4.69, 9.17) is 4.74 Å². The van der Waals surface area contributed by atoms with Crippen molar-refractivity contribution in [1.82, 2.24) is 4.98 Å². The molecule has 0 spiro atoms. The average Bonchev–Trinajstić information content (AvgIpc) is 3.08. The number of aromatic nitrogens is 1. The van der Waals surface area contributed by atoms with Crippen LogP contribution in [0.25, 0.3) is 11.3 Å². The Morgan fingerprint density at radius 3 is 2.52 bits per heavy atom. The molecule has 0 unspecified atom stereocenters. The summed E-state index contributed by atoms with van der Waals surface area (Å²) in [6.07, 6.45) is 0. The van der Waals surface area contributed by atoms with Gasteiger partial charge in [0, 0.05) is 16.5 Å². The van der Waals surface area contributed by atoms with Crippen LogP contribution in [-0.2, 0) is 4.79 Å². The molecule has 0 atom stereocenters. The zero-order chi connectivity index (χ0) is 19.4. The van der Waals surface area contributed by atoms with E-state index in [1.165, 1.54) is 23.8 Å². The van der Waals surface area contributed by atoms with E-state index >= 15 is 0 Å². The summed E-state index contributed by atoms with van der Waals surface area (Å²) < 4.78 is 5.45. The van der Waals surface area contributed by atoms with Crippen LogP contribution < -0.4 is 10.1 Å². The maximum atomic E-state index is 12.1. The smallest absolute Gasteiger partial charge is 0.264 e. The first kappa shape index (κ1) is 18.8. The zero-order valence-corrected chi connectivity index (χ0v) is 16.2. The Kier molecular flexibility index (Phi) is 5.66. The van der Waals surface area contributed by atoms with Crippen molar-refractivity contribution in [2.24, 2.45) is 0 Å². The Labute approximate surface area is 162 Å². The second-order valence-corrected chi connectivity index (χ2v) is 7.13. The summed E-state index contributed by atoms with van der Waals surface area (Å²) in [5.74, 6) is 0.236. The third-order valence-corrected chi connectivity index (χ3v) is 4.80. The highest BCUT2D eigenvalue weighted by Crippen LogP contribution is 2.28. The third kappa shape index (κ3) is 4.80. The van der Waals surface area contributed by atoms with Crippen molar-refractivity contribution in [3.8, 4) is 17.0 Å². The van der Waals surface area contributed by atoms with Crippen LogP contribution in [0.4, 0.5) is 5.13 Å². The van der Waals surface area contributed by atoms with Gasteiger partial charge >= 0.3 is 0 Å². The minimum absolute atomic E-state index is 0.0114.